The molecule has 1 amide bonds. The van der Waals surface area contributed by atoms with E-state index in [4.69, 9.17) is 9.47 Å². The predicted octanol–water partition coefficient (Wildman–Crippen LogP) is 3.81. The van der Waals surface area contributed by atoms with E-state index in [0.29, 0.717) is 11.3 Å². The number of carboxylic acids is 1. The van der Waals surface area contributed by atoms with Gasteiger partial charge in [-0.25, -0.2) is 14.2 Å². The molecule has 0 aliphatic heterocycles. The molecule has 0 fully saturated rings. The molecule has 0 spiro atoms. The van der Waals surface area contributed by atoms with Crippen molar-refractivity contribution >= 4 is 33.4 Å². The second kappa shape index (κ2) is 11.9. The number of hydrogen-bond acceptors (Lipinski definition) is 8. The molecular weight excluding hydrogens is 548 g/mol. The molecular formula is C29H36N4O7S. The van der Waals surface area contributed by atoms with Crippen LogP contribution in [0.2, 0.25) is 0 Å². The number of nitrogens with one attached hydrogen (secondary N) is 1. The molecule has 0 saturated heterocycles. The van der Waals surface area contributed by atoms with Crippen LogP contribution in [0, 0.1) is 23.7 Å². The van der Waals surface area contributed by atoms with Crippen LogP contribution in [-0.2, 0) is 21.6 Å². The SMILES string of the molecule is COc1ccccc1[C@H](Cn1c(=O)n(C(C)(C)C(=O)NC(C)C)c(=O)c2c(C)c(C(=O)O)sc21)OCC(C)(C)C#N. The van der Waals surface area contributed by atoms with E-state index in [9.17, 15) is 29.5 Å². The summed E-state index contributed by atoms with van der Waals surface area (Å²) in [6, 6.07) is 9.00. The number of nitrogens with zero attached hydrogens (tertiary/aromatic N) is 3. The van der Waals surface area contributed by atoms with Crippen LogP contribution in [0.25, 0.3) is 10.2 Å². The Kier molecular flexibility index (Phi) is 9.15. The Balaban J connectivity index is 2.37. The van der Waals surface area contributed by atoms with Crippen LogP contribution in [0.3, 0.4) is 0 Å². The fourth-order valence-corrected chi connectivity index (χ4v) is 5.57. The number of methoxy groups -OCH3 is 1. The number of nitriles is 1. The summed E-state index contributed by atoms with van der Waals surface area (Å²) in [5.74, 6) is -1.30. The van der Waals surface area contributed by atoms with Gasteiger partial charge in [0.2, 0.25) is 5.91 Å². The third-order valence-corrected chi connectivity index (χ3v) is 8.03. The summed E-state index contributed by atoms with van der Waals surface area (Å²) in [4.78, 5) is 53.4. The highest BCUT2D eigenvalue weighted by atomic mass is 32.1. The zero-order valence-corrected chi connectivity index (χ0v) is 25.3. The Hall–Kier alpha value is -3.95. The lowest BCUT2D eigenvalue weighted by Gasteiger charge is -2.29. The van der Waals surface area contributed by atoms with Crippen LogP contribution in [-0.4, -0.2) is 45.9 Å². The fraction of sp³-hybridized carbons (Fsp3) is 0.483. The van der Waals surface area contributed by atoms with Crippen molar-refractivity contribution in [2.45, 2.75) is 72.7 Å². The Bertz CT molecular complexity index is 1640. The summed E-state index contributed by atoms with van der Waals surface area (Å²) in [7, 11) is 1.50. The monoisotopic (exact) mass is 584 g/mol. The summed E-state index contributed by atoms with van der Waals surface area (Å²) < 4.78 is 13.9. The number of aromatic nitrogens is 2. The van der Waals surface area contributed by atoms with Gasteiger partial charge in [0.05, 0.1) is 37.1 Å². The van der Waals surface area contributed by atoms with Crippen molar-refractivity contribution < 1.29 is 24.2 Å². The van der Waals surface area contributed by atoms with Crippen LogP contribution in [0.15, 0.2) is 33.9 Å². The van der Waals surface area contributed by atoms with Gasteiger partial charge in [0.1, 0.15) is 27.1 Å². The molecule has 12 heteroatoms. The third kappa shape index (κ3) is 6.21. The molecule has 0 bridgehead atoms. The van der Waals surface area contributed by atoms with E-state index >= 15 is 0 Å². The maximum absolute atomic E-state index is 14.2. The molecule has 1 aromatic carbocycles. The van der Waals surface area contributed by atoms with Gasteiger partial charge in [-0.1, -0.05) is 18.2 Å². The average Bonchev–Trinajstić information content (AvgIpc) is 3.25. The smallest absolute Gasteiger partial charge is 0.346 e. The molecule has 0 unspecified atom stereocenters. The minimum Gasteiger partial charge on any atom is -0.496 e. The number of aryl methyl sites for hydroxylation is 1. The number of aromatic carboxylic acids is 1. The van der Waals surface area contributed by atoms with E-state index in [-0.39, 0.29) is 39.9 Å². The number of fused-ring (bicyclic) bond motifs is 1. The van der Waals surface area contributed by atoms with E-state index in [2.05, 4.69) is 11.4 Å². The predicted molar refractivity (Wildman–Crippen MR) is 156 cm³/mol. The molecule has 0 radical (unpaired) electrons. The summed E-state index contributed by atoms with van der Waals surface area (Å²) in [6.07, 6.45) is -0.839. The molecule has 0 saturated carbocycles. The van der Waals surface area contributed by atoms with Crippen molar-refractivity contribution in [2.75, 3.05) is 13.7 Å². The highest BCUT2D eigenvalue weighted by Crippen LogP contribution is 2.33. The number of benzene rings is 1. The Morgan fingerprint density at radius 3 is 2.37 bits per heavy atom. The topological polar surface area (TPSA) is 153 Å². The van der Waals surface area contributed by atoms with Gasteiger partial charge in [-0.15, -0.1) is 11.3 Å². The quantitative estimate of drug-likeness (QED) is 0.345. The van der Waals surface area contributed by atoms with Gasteiger partial charge in [0, 0.05) is 11.6 Å². The van der Waals surface area contributed by atoms with Crippen molar-refractivity contribution in [3.63, 3.8) is 0 Å². The van der Waals surface area contributed by atoms with Crippen molar-refractivity contribution in [1.82, 2.24) is 14.5 Å². The lowest BCUT2D eigenvalue weighted by atomic mass is 9.97. The Morgan fingerprint density at radius 1 is 1.17 bits per heavy atom. The summed E-state index contributed by atoms with van der Waals surface area (Å²) in [5.41, 5.74) is -3.24. The molecule has 220 valence electrons. The molecule has 3 aromatic rings. The molecule has 2 N–H and O–H groups in total. The summed E-state index contributed by atoms with van der Waals surface area (Å²) in [6.45, 7) is 11.3. The minimum absolute atomic E-state index is 0.00980. The lowest BCUT2D eigenvalue weighted by molar-refractivity contribution is -0.129. The zero-order valence-electron chi connectivity index (χ0n) is 24.5. The molecule has 11 nitrogen and oxygen atoms in total. The Labute approximate surface area is 241 Å². The first-order valence-corrected chi connectivity index (χ1v) is 13.9. The van der Waals surface area contributed by atoms with Crippen LogP contribution >= 0.6 is 11.3 Å². The van der Waals surface area contributed by atoms with Gasteiger partial charge in [-0.2, -0.15) is 5.26 Å². The number of rotatable bonds is 11. The van der Waals surface area contributed by atoms with Gasteiger partial charge in [-0.05, 0) is 60.1 Å². The maximum Gasteiger partial charge on any atom is 0.346 e. The largest absolute Gasteiger partial charge is 0.496 e. The zero-order chi connectivity index (χ0) is 30.9. The number of carbonyl (C=O) groups is 2. The third-order valence-electron chi connectivity index (χ3n) is 6.72. The number of amides is 1. The molecule has 0 aliphatic rings. The molecule has 1 atom stereocenters. The average molecular weight is 585 g/mol. The van der Waals surface area contributed by atoms with Gasteiger partial charge in [0.15, 0.2) is 0 Å². The molecule has 41 heavy (non-hydrogen) atoms. The standard InChI is InChI=1S/C29H36N4O7S/c1-16(2)31-26(37)29(6,7)33-23(34)21-17(3)22(25(35)36)41-24(21)32(27(33)38)13-20(40-15-28(4,5)14-30)18-11-9-10-12-19(18)39-8/h9-12,16,20H,13,15H2,1-8H3,(H,31,37)(H,35,36)/t20-/m0/s1. The summed E-state index contributed by atoms with van der Waals surface area (Å²) >= 11 is 0.811. The molecule has 0 aliphatic carbocycles. The van der Waals surface area contributed by atoms with Gasteiger partial charge >= 0.3 is 11.7 Å². The van der Waals surface area contributed by atoms with Crippen LogP contribution < -0.4 is 21.3 Å². The van der Waals surface area contributed by atoms with Crippen LogP contribution in [0.1, 0.15) is 68.4 Å². The number of hydrogen-bond donors (Lipinski definition) is 2. The Morgan fingerprint density at radius 2 is 1.80 bits per heavy atom. The van der Waals surface area contributed by atoms with Crippen LogP contribution in [0.4, 0.5) is 0 Å². The minimum atomic E-state index is -1.62. The first-order chi connectivity index (χ1) is 19.1. The van der Waals surface area contributed by atoms with Crippen molar-refractivity contribution in [3.8, 4) is 11.8 Å². The normalized spacial score (nSPS) is 12.8. The van der Waals surface area contributed by atoms with E-state index in [1.54, 1.807) is 52.0 Å². The maximum atomic E-state index is 14.2. The van der Waals surface area contributed by atoms with Gasteiger partial charge in [-0.3, -0.25) is 14.2 Å². The second-order valence-corrected chi connectivity index (χ2v) is 12.3. The second-order valence-electron chi connectivity index (χ2n) is 11.3. The first kappa shape index (κ1) is 31.6. The van der Waals surface area contributed by atoms with E-state index in [1.807, 2.05) is 0 Å². The van der Waals surface area contributed by atoms with Crippen molar-refractivity contribution in [2.24, 2.45) is 5.41 Å². The van der Waals surface area contributed by atoms with Gasteiger partial charge < -0.3 is 19.9 Å². The van der Waals surface area contributed by atoms with Gasteiger partial charge in [0.25, 0.3) is 5.56 Å². The number of carbonyl (C=O) groups excluding carboxylic acids is 1. The molecule has 2 aromatic heterocycles. The van der Waals surface area contributed by atoms with Crippen molar-refractivity contribution in [1.29, 1.82) is 5.26 Å². The number of ether oxygens (including phenoxy) is 2. The highest BCUT2D eigenvalue weighted by Gasteiger charge is 2.36. The van der Waals surface area contributed by atoms with Crippen molar-refractivity contribution in [3.05, 3.63) is 61.1 Å². The highest BCUT2D eigenvalue weighted by molar-refractivity contribution is 7.20. The fourth-order valence-electron chi connectivity index (χ4n) is 4.43. The van der Waals surface area contributed by atoms with Crippen LogP contribution in [0.5, 0.6) is 5.75 Å². The van der Waals surface area contributed by atoms with E-state index in [0.717, 1.165) is 15.9 Å². The number of carboxylic acid groups (broad SMARTS) is 1. The lowest BCUT2D eigenvalue weighted by Crippen LogP contribution is -2.56. The van der Waals surface area contributed by atoms with E-state index in [1.165, 1.54) is 32.4 Å². The molecule has 3 rings (SSSR count). The number of para-hydroxylation sites is 1. The molecule has 2 heterocycles. The summed E-state index contributed by atoms with van der Waals surface area (Å²) in [5, 5.41) is 22.2. The first-order valence-electron chi connectivity index (χ1n) is 13.1. The van der Waals surface area contributed by atoms with E-state index < -0.39 is 40.2 Å². The number of thiophene rings is 1.